The summed E-state index contributed by atoms with van der Waals surface area (Å²) in [6, 6.07) is 4.04. The highest BCUT2D eigenvalue weighted by Gasteiger charge is 2.28. The minimum atomic E-state index is -3.59. The fraction of sp³-hybridized carbons (Fsp3) is 0.462. The topological polar surface area (TPSA) is 80.5 Å². The summed E-state index contributed by atoms with van der Waals surface area (Å²) in [5, 5.41) is 0.156. The number of halogens is 1. The molecule has 0 unspecified atom stereocenters. The van der Waals surface area contributed by atoms with Gasteiger partial charge in [-0.1, -0.05) is 18.5 Å². The molecule has 0 aliphatic carbocycles. The number of carbonyl (C=O) groups is 1. The van der Waals surface area contributed by atoms with E-state index in [1.807, 2.05) is 0 Å². The van der Waals surface area contributed by atoms with Crippen molar-refractivity contribution in [1.82, 2.24) is 4.31 Å². The van der Waals surface area contributed by atoms with Crippen molar-refractivity contribution in [3.8, 4) is 0 Å². The third-order valence-corrected chi connectivity index (χ3v) is 5.81. The van der Waals surface area contributed by atoms with Crippen molar-refractivity contribution < 1.29 is 13.2 Å². The average molecular weight is 317 g/mol. The van der Waals surface area contributed by atoms with E-state index in [4.69, 9.17) is 17.3 Å². The molecule has 1 aliphatic rings. The molecule has 0 spiro atoms. The second kappa shape index (κ2) is 5.71. The third-order valence-electron chi connectivity index (χ3n) is 3.58. The lowest BCUT2D eigenvalue weighted by molar-refractivity contribution is 0.1000. The van der Waals surface area contributed by atoms with E-state index < -0.39 is 15.9 Å². The van der Waals surface area contributed by atoms with E-state index in [-0.39, 0.29) is 15.5 Å². The second-order valence-electron chi connectivity index (χ2n) is 5.09. The number of nitrogens with zero attached hydrogens (tertiary/aromatic N) is 1. The minimum absolute atomic E-state index is 0.0260. The summed E-state index contributed by atoms with van der Waals surface area (Å²) in [5.41, 5.74) is 5.22. The number of piperidine rings is 1. The summed E-state index contributed by atoms with van der Waals surface area (Å²) in [4.78, 5) is 11.3. The van der Waals surface area contributed by atoms with Crippen molar-refractivity contribution in [2.24, 2.45) is 11.7 Å². The molecule has 0 atom stereocenters. The van der Waals surface area contributed by atoms with Crippen LogP contribution in [0.5, 0.6) is 0 Å². The predicted molar refractivity (Wildman–Crippen MR) is 77.1 cm³/mol. The summed E-state index contributed by atoms with van der Waals surface area (Å²) in [6.07, 6.45) is 1.69. The van der Waals surface area contributed by atoms with E-state index in [0.29, 0.717) is 19.0 Å². The van der Waals surface area contributed by atoms with Gasteiger partial charge in [0, 0.05) is 13.1 Å². The van der Waals surface area contributed by atoms with Gasteiger partial charge >= 0.3 is 0 Å². The second-order valence-corrected chi connectivity index (χ2v) is 7.44. The van der Waals surface area contributed by atoms with Gasteiger partial charge in [0.25, 0.3) is 0 Å². The number of hydrogen-bond donors (Lipinski definition) is 1. The third kappa shape index (κ3) is 2.97. The van der Waals surface area contributed by atoms with Crippen LogP contribution in [0.3, 0.4) is 0 Å². The van der Waals surface area contributed by atoms with Crippen molar-refractivity contribution in [1.29, 1.82) is 0 Å². The van der Waals surface area contributed by atoms with Crippen LogP contribution in [-0.4, -0.2) is 31.7 Å². The Balaban J connectivity index is 2.35. The number of sulfonamides is 1. The summed E-state index contributed by atoms with van der Waals surface area (Å²) in [6.45, 7) is 3.10. The molecule has 0 aromatic heterocycles. The molecule has 7 heteroatoms. The molecule has 2 rings (SSSR count). The summed E-state index contributed by atoms with van der Waals surface area (Å²) in [5.74, 6) is -0.202. The van der Waals surface area contributed by atoms with E-state index in [0.717, 1.165) is 12.8 Å². The zero-order chi connectivity index (χ0) is 14.9. The number of carbonyl (C=O) groups excluding carboxylic acids is 1. The molecule has 110 valence electrons. The summed E-state index contributed by atoms with van der Waals surface area (Å²) < 4.78 is 26.5. The van der Waals surface area contributed by atoms with Gasteiger partial charge in [-0.3, -0.25) is 4.79 Å². The first-order valence-electron chi connectivity index (χ1n) is 6.42. The number of rotatable bonds is 3. The highest BCUT2D eigenvalue weighted by molar-refractivity contribution is 7.89. The van der Waals surface area contributed by atoms with E-state index in [1.54, 1.807) is 0 Å². The molecule has 1 aromatic carbocycles. The number of hydrogen-bond acceptors (Lipinski definition) is 3. The van der Waals surface area contributed by atoms with E-state index in [9.17, 15) is 13.2 Å². The smallest absolute Gasteiger partial charge is 0.250 e. The highest BCUT2D eigenvalue weighted by Crippen LogP contribution is 2.26. The zero-order valence-corrected chi connectivity index (χ0v) is 12.7. The summed E-state index contributed by atoms with van der Waals surface area (Å²) >= 11 is 5.84. The Morgan fingerprint density at radius 1 is 1.35 bits per heavy atom. The number of benzene rings is 1. The van der Waals surface area contributed by atoms with Crippen LogP contribution >= 0.6 is 11.6 Å². The van der Waals surface area contributed by atoms with Gasteiger partial charge in [0.2, 0.25) is 15.9 Å². The van der Waals surface area contributed by atoms with Gasteiger partial charge in [-0.2, -0.15) is 4.31 Å². The number of amides is 1. The van der Waals surface area contributed by atoms with Crippen LogP contribution in [-0.2, 0) is 10.0 Å². The molecule has 5 nitrogen and oxygen atoms in total. The lowest BCUT2D eigenvalue weighted by Gasteiger charge is -2.29. The van der Waals surface area contributed by atoms with Crippen molar-refractivity contribution in [2.75, 3.05) is 13.1 Å². The predicted octanol–water partition coefficient (Wildman–Crippen LogP) is 1.86. The van der Waals surface area contributed by atoms with Gasteiger partial charge in [0.15, 0.2) is 0 Å². The maximum atomic E-state index is 12.5. The molecule has 1 amide bonds. The van der Waals surface area contributed by atoms with Gasteiger partial charge in [0.05, 0.1) is 15.5 Å². The normalized spacial score (nSPS) is 18.1. The standard InChI is InChI=1S/C13H17ClN2O3S/c1-9-4-6-16(7-5-9)20(18,19)10-2-3-12(14)11(8-10)13(15)17/h2-3,8-9H,4-7H2,1H3,(H2,15,17). The van der Waals surface area contributed by atoms with Crippen molar-refractivity contribution in [2.45, 2.75) is 24.7 Å². The number of nitrogens with two attached hydrogens (primary N) is 1. The van der Waals surface area contributed by atoms with E-state index in [2.05, 4.69) is 6.92 Å². The molecule has 1 fully saturated rings. The zero-order valence-electron chi connectivity index (χ0n) is 11.2. The first kappa shape index (κ1) is 15.3. The summed E-state index contributed by atoms with van der Waals surface area (Å²) in [7, 11) is -3.59. The van der Waals surface area contributed by atoms with Crippen LogP contribution < -0.4 is 5.73 Å². The molecule has 1 heterocycles. The fourth-order valence-electron chi connectivity index (χ4n) is 2.23. The first-order chi connectivity index (χ1) is 9.32. The Morgan fingerprint density at radius 2 is 1.95 bits per heavy atom. The molecule has 0 saturated carbocycles. The quantitative estimate of drug-likeness (QED) is 0.924. The Bertz CT molecular complexity index is 623. The average Bonchev–Trinajstić information content (AvgIpc) is 2.39. The Hall–Kier alpha value is -1.11. The molecule has 0 radical (unpaired) electrons. The van der Waals surface area contributed by atoms with Gasteiger partial charge in [-0.15, -0.1) is 0 Å². The van der Waals surface area contributed by atoms with Crippen molar-refractivity contribution >= 4 is 27.5 Å². The fourth-order valence-corrected chi connectivity index (χ4v) is 3.94. The Kier molecular flexibility index (Phi) is 4.36. The van der Waals surface area contributed by atoms with E-state index in [1.165, 1.54) is 22.5 Å². The molecule has 20 heavy (non-hydrogen) atoms. The van der Waals surface area contributed by atoms with Crippen LogP contribution in [0.25, 0.3) is 0 Å². The monoisotopic (exact) mass is 316 g/mol. The molecule has 0 bridgehead atoms. The van der Waals surface area contributed by atoms with Gasteiger partial charge in [-0.25, -0.2) is 8.42 Å². The van der Waals surface area contributed by atoms with Crippen LogP contribution in [0, 0.1) is 5.92 Å². The van der Waals surface area contributed by atoms with Crippen LogP contribution in [0.1, 0.15) is 30.1 Å². The van der Waals surface area contributed by atoms with Crippen LogP contribution in [0.15, 0.2) is 23.1 Å². The molecular formula is C13H17ClN2O3S. The maximum Gasteiger partial charge on any atom is 0.250 e. The molecule has 1 aromatic rings. The first-order valence-corrected chi connectivity index (χ1v) is 8.23. The minimum Gasteiger partial charge on any atom is -0.366 e. The SMILES string of the molecule is CC1CCN(S(=O)(=O)c2ccc(Cl)c(C(N)=O)c2)CC1. The number of primary amides is 1. The molecule has 2 N–H and O–H groups in total. The van der Waals surface area contributed by atoms with Crippen LogP contribution in [0.4, 0.5) is 0 Å². The lowest BCUT2D eigenvalue weighted by atomic mass is 10.0. The Labute approximate surface area is 123 Å². The van der Waals surface area contributed by atoms with E-state index >= 15 is 0 Å². The van der Waals surface area contributed by atoms with Gasteiger partial charge in [0.1, 0.15) is 0 Å². The van der Waals surface area contributed by atoms with Gasteiger partial charge in [-0.05, 0) is 37.0 Å². The maximum absolute atomic E-state index is 12.5. The van der Waals surface area contributed by atoms with Crippen LogP contribution in [0.2, 0.25) is 5.02 Å². The largest absolute Gasteiger partial charge is 0.366 e. The van der Waals surface area contributed by atoms with Crippen molar-refractivity contribution in [3.63, 3.8) is 0 Å². The molecular weight excluding hydrogens is 300 g/mol. The molecule has 1 aliphatic heterocycles. The lowest BCUT2D eigenvalue weighted by Crippen LogP contribution is -2.37. The highest BCUT2D eigenvalue weighted by atomic mass is 35.5. The van der Waals surface area contributed by atoms with Gasteiger partial charge < -0.3 is 5.73 Å². The Morgan fingerprint density at radius 3 is 2.50 bits per heavy atom. The van der Waals surface area contributed by atoms with Crippen molar-refractivity contribution in [3.05, 3.63) is 28.8 Å². The molecule has 1 saturated heterocycles.